The van der Waals surface area contributed by atoms with Crippen LogP contribution < -0.4 is 4.74 Å². The first-order chi connectivity index (χ1) is 8.33. The van der Waals surface area contributed by atoms with Gasteiger partial charge in [-0.05, 0) is 30.2 Å². The number of hydrogen-bond donors (Lipinski definition) is 0. The van der Waals surface area contributed by atoms with Crippen LogP contribution >= 0.6 is 11.6 Å². The first kappa shape index (κ1) is 12.0. The molecular formula is C15H15ClO. The summed E-state index contributed by atoms with van der Waals surface area (Å²) in [4.78, 5) is 0. The van der Waals surface area contributed by atoms with Crippen molar-refractivity contribution >= 4 is 11.6 Å². The minimum absolute atomic E-state index is 0.462. The van der Waals surface area contributed by atoms with E-state index in [1.807, 2.05) is 36.4 Å². The van der Waals surface area contributed by atoms with Crippen LogP contribution in [0.5, 0.6) is 11.5 Å². The average Bonchev–Trinajstić information content (AvgIpc) is 2.39. The number of hydrogen-bond acceptors (Lipinski definition) is 1. The lowest BCUT2D eigenvalue weighted by Gasteiger charge is -2.10. The molecule has 0 spiro atoms. The molecule has 0 atom stereocenters. The Morgan fingerprint density at radius 3 is 2.65 bits per heavy atom. The summed E-state index contributed by atoms with van der Waals surface area (Å²) in [6.45, 7) is 2.13. The zero-order valence-corrected chi connectivity index (χ0v) is 10.6. The molecule has 0 aliphatic carbocycles. The third-order valence-electron chi connectivity index (χ3n) is 2.65. The molecule has 0 heterocycles. The van der Waals surface area contributed by atoms with E-state index in [9.17, 15) is 0 Å². The van der Waals surface area contributed by atoms with Crippen molar-refractivity contribution in [3.63, 3.8) is 0 Å². The smallest absolute Gasteiger partial charge is 0.131 e. The lowest BCUT2D eigenvalue weighted by Crippen LogP contribution is -1.90. The van der Waals surface area contributed by atoms with Crippen LogP contribution in [0.2, 0.25) is 0 Å². The van der Waals surface area contributed by atoms with Gasteiger partial charge in [0.15, 0.2) is 0 Å². The molecule has 0 aliphatic heterocycles. The second-order valence-corrected chi connectivity index (χ2v) is 4.11. The molecule has 0 fully saturated rings. The highest BCUT2D eigenvalue weighted by atomic mass is 35.5. The first-order valence-corrected chi connectivity index (χ1v) is 6.27. The molecular weight excluding hydrogens is 232 g/mol. The molecule has 1 nitrogen and oxygen atoms in total. The Balaban J connectivity index is 2.24. The molecule has 0 radical (unpaired) electrons. The topological polar surface area (TPSA) is 9.23 Å². The van der Waals surface area contributed by atoms with Gasteiger partial charge >= 0.3 is 0 Å². The Hall–Kier alpha value is -1.47. The molecule has 0 amide bonds. The molecule has 0 saturated carbocycles. The van der Waals surface area contributed by atoms with Crippen molar-refractivity contribution in [1.29, 1.82) is 0 Å². The van der Waals surface area contributed by atoms with Crippen LogP contribution in [0.4, 0.5) is 0 Å². The van der Waals surface area contributed by atoms with Gasteiger partial charge in [-0.2, -0.15) is 0 Å². The van der Waals surface area contributed by atoms with Gasteiger partial charge < -0.3 is 4.74 Å². The molecule has 0 aromatic heterocycles. The van der Waals surface area contributed by atoms with Gasteiger partial charge in [-0.3, -0.25) is 0 Å². The second kappa shape index (κ2) is 5.74. The predicted octanol–water partition coefficient (Wildman–Crippen LogP) is 4.78. The lowest BCUT2D eigenvalue weighted by molar-refractivity contribution is 0.478. The molecule has 88 valence electrons. The van der Waals surface area contributed by atoms with Crippen molar-refractivity contribution in [2.75, 3.05) is 0 Å². The monoisotopic (exact) mass is 246 g/mol. The maximum atomic E-state index is 5.88. The Labute approximate surface area is 107 Å². The van der Waals surface area contributed by atoms with E-state index >= 15 is 0 Å². The van der Waals surface area contributed by atoms with Crippen LogP contribution in [0.1, 0.15) is 18.1 Å². The highest BCUT2D eigenvalue weighted by Crippen LogP contribution is 2.26. The SMILES string of the molecule is CCc1cccc(Oc2ccccc2CCl)c1. The highest BCUT2D eigenvalue weighted by molar-refractivity contribution is 6.17. The van der Waals surface area contributed by atoms with Crippen LogP contribution in [-0.4, -0.2) is 0 Å². The lowest BCUT2D eigenvalue weighted by atomic mass is 10.1. The number of ether oxygens (including phenoxy) is 1. The Morgan fingerprint density at radius 2 is 1.88 bits per heavy atom. The van der Waals surface area contributed by atoms with Crippen molar-refractivity contribution < 1.29 is 4.74 Å². The van der Waals surface area contributed by atoms with Gasteiger partial charge in [-0.25, -0.2) is 0 Å². The van der Waals surface area contributed by atoms with Crippen LogP contribution in [0, 0.1) is 0 Å². The molecule has 0 unspecified atom stereocenters. The van der Waals surface area contributed by atoms with Crippen molar-refractivity contribution in [3.8, 4) is 11.5 Å². The third-order valence-corrected chi connectivity index (χ3v) is 2.94. The van der Waals surface area contributed by atoms with Crippen molar-refractivity contribution in [1.82, 2.24) is 0 Å². The normalized spacial score (nSPS) is 10.2. The predicted molar refractivity (Wildman–Crippen MR) is 71.9 cm³/mol. The molecule has 17 heavy (non-hydrogen) atoms. The van der Waals surface area contributed by atoms with E-state index in [2.05, 4.69) is 19.1 Å². The van der Waals surface area contributed by atoms with Crippen LogP contribution in [0.25, 0.3) is 0 Å². The fourth-order valence-corrected chi connectivity index (χ4v) is 1.89. The molecule has 2 rings (SSSR count). The van der Waals surface area contributed by atoms with Crippen LogP contribution in [-0.2, 0) is 12.3 Å². The number of aryl methyl sites for hydroxylation is 1. The van der Waals surface area contributed by atoms with Crippen LogP contribution in [0.3, 0.4) is 0 Å². The van der Waals surface area contributed by atoms with E-state index in [-0.39, 0.29) is 0 Å². The number of para-hydroxylation sites is 1. The number of alkyl halides is 1. The molecule has 2 aromatic rings. The summed E-state index contributed by atoms with van der Waals surface area (Å²) in [5, 5.41) is 0. The zero-order chi connectivity index (χ0) is 12.1. The summed E-state index contributed by atoms with van der Waals surface area (Å²) in [6.07, 6.45) is 1.01. The maximum absolute atomic E-state index is 5.88. The second-order valence-electron chi connectivity index (χ2n) is 3.84. The Morgan fingerprint density at radius 1 is 1.06 bits per heavy atom. The van der Waals surface area contributed by atoms with E-state index in [1.54, 1.807) is 0 Å². The quantitative estimate of drug-likeness (QED) is 0.706. The average molecular weight is 247 g/mol. The summed E-state index contributed by atoms with van der Waals surface area (Å²) >= 11 is 5.88. The minimum atomic E-state index is 0.462. The molecule has 0 N–H and O–H groups in total. The van der Waals surface area contributed by atoms with Crippen molar-refractivity contribution in [3.05, 3.63) is 59.7 Å². The van der Waals surface area contributed by atoms with E-state index in [1.165, 1.54) is 5.56 Å². The standard InChI is InChI=1S/C15H15ClO/c1-2-12-6-5-8-14(10-12)17-15-9-4-3-7-13(15)11-16/h3-10H,2,11H2,1H3. The number of rotatable bonds is 4. The fourth-order valence-electron chi connectivity index (χ4n) is 1.67. The summed E-state index contributed by atoms with van der Waals surface area (Å²) in [7, 11) is 0. The number of halogens is 1. The van der Waals surface area contributed by atoms with E-state index in [0.717, 1.165) is 23.5 Å². The molecule has 0 bridgehead atoms. The third kappa shape index (κ3) is 3.01. The van der Waals surface area contributed by atoms with Gasteiger partial charge in [-0.1, -0.05) is 37.3 Å². The van der Waals surface area contributed by atoms with E-state index in [0.29, 0.717) is 5.88 Å². The van der Waals surface area contributed by atoms with Gasteiger partial charge in [0.1, 0.15) is 11.5 Å². The van der Waals surface area contributed by atoms with Crippen molar-refractivity contribution in [2.24, 2.45) is 0 Å². The minimum Gasteiger partial charge on any atom is -0.457 e. The van der Waals surface area contributed by atoms with Gasteiger partial charge in [0.25, 0.3) is 0 Å². The fraction of sp³-hybridized carbons (Fsp3) is 0.200. The van der Waals surface area contributed by atoms with Gasteiger partial charge in [-0.15, -0.1) is 11.6 Å². The number of benzene rings is 2. The summed E-state index contributed by atoms with van der Waals surface area (Å²) in [5.74, 6) is 2.15. The molecule has 0 saturated heterocycles. The van der Waals surface area contributed by atoms with Crippen molar-refractivity contribution in [2.45, 2.75) is 19.2 Å². The molecule has 2 aromatic carbocycles. The van der Waals surface area contributed by atoms with E-state index < -0.39 is 0 Å². The Bertz CT molecular complexity index is 494. The summed E-state index contributed by atoms with van der Waals surface area (Å²) in [6, 6.07) is 16.0. The molecule has 2 heteroatoms. The van der Waals surface area contributed by atoms with Gasteiger partial charge in [0.2, 0.25) is 0 Å². The first-order valence-electron chi connectivity index (χ1n) is 5.74. The van der Waals surface area contributed by atoms with Gasteiger partial charge in [0.05, 0.1) is 5.88 Å². The maximum Gasteiger partial charge on any atom is 0.131 e. The Kier molecular flexibility index (Phi) is 4.05. The zero-order valence-electron chi connectivity index (χ0n) is 9.82. The van der Waals surface area contributed by atoms with E-state index in [4.69, 9.17) is 16.3 Å². The highest BCUT2D eigenvalue weighted by Gasteiger charge is 2.03. The summed E-state index contributed by atoms with van der Waals surface area (Å²) in [5.41, 5.74) is 2.28. The molecule has 0 aliphatic rings. The van der Waals surface area contributed by atoms with Gasteiger partial charge in [0, 0.05) is 5.56 Å². The largest absolute Gasteiger partial charge is 0.457 e. The summed E-state index contributed by atoms with van der Waals surface area (Å²) < 4.78 is 5.86. The van der Waals surface area contributed by atoms with Crippen LogP contribution in [0.15, 0.2) is 48.5 Å².